The molecule has 5 heteroatoms. The molecule has 0 aliphatic carbocycles. The Bertz CT molecular complexity index is 133. The summed E-state index contributed by atoms with van der Waals surface area (Å²) in [5.41, 5.74) is 0. The summed E-state index contributed by atoms with van der Waals surface area (Å²) in [6, 6.07) is 1.84. The van der Waals surface area contributed by atoms with E-state index in [4.69, 9.17) is 19.6 Å². The van der Waals surface area contributed by atoms with Gasteiger partial charge in [0.15, 0.2) is 0 Å². The van der Waals surface area contributed by atoms with Crippen LogP contribution in [0.4, 0.5) is 0 Å². The lowest BCUT2D eigenvalue weighted by molar-refractivity contribution is 0.405. The molecule has 0 fully saturated rings. The summed E-state index contributed by atoms with van der Waals surface area (Å²) in [4.78, 5) is 14.2. The van der Waals surface area contributed by atoms with E-state index in [0.717, 1.165) is 0 Å². The van der Waals surface area contributed by atoms with Crippen LogP contribution in [0.3, 0.4) is 0 Å². The molecule has 0 aromatic heterocycles. The Morgan fingerprint density at radius 1 is 1.67 bits per heavy atom. The third kappa shape index (κ3) is 128. The Hall–Kier alpha value is -0.750. The van der Waals surface area contributed by atoms with Crippen molar-refractivity contribution in [2.45, 2.75) is 6.92 Å². The molecule has 0 radical (unpaired) electrons. The topological polar surface area (TPSA) is 81.3 Å². The van der Waals surface area contributed by atoms with Crippen molar-refractivity contribution in [1.29, 1.82) is 5.26 Å². The number of nitriles is 1. The van der Waals surface area contributed by atoms with Gasteiger partial charge in [0, 0.05) is 10.6 Å². The second-order valence-electron chi connectivity index (χ2n) is 0.882. The zero-order valence-corrected chi connectivity index (χ0v) is 5.75. The highest BCUT2D eigenvalue weighted by Crippen LogP contribution is 1.98. The van der Waals surface area contributed by atoms with Crippen LogP contribution < -0.4 is 0 Å². The molecule has 0 unspecified atom stereocenters. The monoisotopic (exact) mass is 148 g/mol. The molecule has 0 aliphatic rings. The maximum atomic E-state index is 8.70. The largest absolute Gasteiger partial charge is 0.692 e. The van der Waals surface area contributed by atoms with Crippen LogP contribution in [0.1, 0.15) is 6.92 Å². The van der Waals surface area contributed by atoms with E-state index >= 15 is 0 Å². The van der Waals surface area contributed by atoms with E-state index in [1.165, 1.54) is 6.08 Å². The first kappa shape index (κ1) is 11.1. The highest BCUT2D eigenvalue weighted by molar-refractivity contribution is 7.30. The van der Waals surface area contributed by atoms with Crippen LogP contribution >= 0.6 is 8.25 Å². The summed E-state index contributed by atoms with van der Waals surface area (Å²) in [7, 11) is -2.87. The number of allylic oxidation sites excluding steroid dienone is 2. The standard InChI is InChI=1S/C4H5N.HO3P/c1-2-3-4-5;1-4(2)3/h2-3H,1H3;(H-,1,2,3)/p+1. The van der Waals surface area contributed by atoms with E-state index in [2.05, 4.69) is 0 Å². The van der Waals surface area contributed by atoms with Crippen LogP contribution in [0.2, 0.25) is 0 Å². The van der Waals surface area contributed by atoms with E-state index in [1.54, 1.807) is 6.08 Å². The fourth-order valence-corrected chi connectivity index (χ4v) is 0.0745. The van der Waals surface area contributed by atoms with E-state index in [-0.39, 0.29) is 0 Å². The summed E-state index contributed by atoms with van der Waals surface area (Å²) >= 11 is 0. The molecule has 0 amide bonds. The Morgan fingerprint density at radius 3 is 2.00 bits per heavy atom. The van der Waals surface area contributed by atoms with Crippen molar-refractivity contribution in [2.24, 2.45) is 0 Å². The molecular weight excluding hydrogens is 141 g/mol. The number of rotatable bonds is 0. The van der Waals surface area contributed by atoms with Gasteiger partial charge < -0.3 is 0 Å². The number of hydrogen-bond donors (Lipinski definition) is 2. The summed E-state index contributed by atoms with van der Waals surface area (Å²) in [6.07, 6.45) is 3.12. The first-order valence-corrected chi connectivity index (χ1v) is 3.17. The second-order valence-corrected chi connectivity index (χ2v) is 1.39. The lowest BCUT2D eigenvalue weighted by atomic mass is 10.6. The maximum Gasteiger partial charge on any atom is 0.692 e. The van der Waals surface area contributed by atoms with Crippen molar-refractivity contribution < 1.29 is 14.4 Å². The number of nitrogens with zero attached hydrogens (tertiary/aromatic N) is 1. The minimum atomic E-state index is -2.87. The van der Waals surface area contributed by atoms with Gasteiger partial charge in [0.05, 0.1) is 6.07 Å². The van der Waals surface area contributed by atoms with Crippen molar-refractivity contribution in [3.63, 3.8) is 0 Å². The Kier molecular flexibility index (Phi) is 12.7. The lowest BCUT2D eigenvalue weighted by Crippen LogP contribution is -1.38. The summed E-state index contributed by atoms with van der Waals surface area (Å²) in [5.74, 6) is 0. The normalized spacial score (nSPS) is 7.33. The lowest BCUT2D eigenvalue weighted by Gasteiger charge is -1.47. The van der Waals surface area contributed by atoms with Crippen molar-refractivity contribution in [3.05, 3.63) is 12.2 Å². The second kappa shape index (κ2) is 10.3. The Balaban J connectivity index is 0. The van der Waals surface area contributed by atoms with Crippen LogP contribution in [0.15, 0.2) is 12.2 Å². The average molecular weight is 148 g/mol. The molecule has 0 rings (SSSR count). The molecule has 0 atom stereocenters. The van der Waals surface area contributed by atoms with Crippen LogP contribution in [0.25, 0.3) is 0 Å². The Morgan fingerprint density at radius 2 is 2.00 bits per heavy atom. The molecule has 0 spiro atoms. The highest BCUT2D eigenvalue weighted by atomic mass is 31.1. The molecule has 2 N–H and O–H groups in total. The first-order valence-electron chi connectivity index (χ1n) is 2.01. The molecule has 0 heterocycles. The van der Waals surface area contributed by atoms with Gasteiger partial charge in [-0.2, -0.15) is 5.26 Å². The molecule has 9 heavy (non-hydrogen) atoms. The predicted octanol–water partition coefficient (Wildman–Crippen LogP) is 0.714. The van der Waals surface area contributed by atoms with Crippen molar-refractivity contribution in [2.75, 3.05) is 0 Å². The van der Waals surface area contributed by atoms with E-state index in [9.17, 15) is 0 Å². The summed E-state index contributed by atoms with van der Waals surface area (Å²) in [5, 5.41) is 7.73. The van der Waals surface area contributed by atoms with Gasteiger partial charge in [-0.25, -0.2) is 0 Å². The molecular formula is C4H7NO3P+. The third-order valence-corrected chi connectivity index (χ3v) is 0.241. The van der Waals surface area contributed by atoms with Crippen LogP contribution in [0.5, 0.6) is 0 Å². The van der Waals surface area contributed by atoms with Gasteiger partial charge in [0.1, 0.15) is 0 Å². The summed E-state index contributed by atoms with van der Waals surface area (Å²) < 4.78 is 8.70. The van der Waals surface area contributed by atoms with Gasteiger partial charge in [-0.15, -0.1) is 9.79 Å². The van der Waals surface area contributed by atoms with Crippen molar-refractivity contribution >= 4 is 8.25 Å². The fourth-order valence-electron chi connectivity index (χ4n) is 0.0745. The smallest absolute Gasteiger partial charge is 0.193 e. The minimum Gasteiger partial charge on any atom is -0.193 e. The molecule has 0 aromatic rings. The number of hydrogen-bond acceptors (Lipinski definition) is 2. The molecule has 50 valence electrons. The third-order valence-electron chi connectivity index (χ3n) is 0.241. The molecule has 0 saturated carbocycles. The van der Waals surface area contributed by atoms with Crippen LogP contribution in [0, 0.1) is 11.3 Å². The molecule has 0 aliphatic heterocycles. The maximum absolute atomic E-state index is 8.70. The highest BCUT2D eigenvalue weighted by Gasteiger charge is 1.93. The van der Waals surface area contributed by atoms with Gasteiger partial charge in [-0.05, 0) is 6.92 Å². The van der Waals surface area contributed by atoms with Gasteiger partial charge in [0.2, 0.25) is 0 Å². The van der Waals surface area contributed by atoms with E-state index in [0.29, 0.717) is 0 Å². The summed E-state index contributed by atoms with van der Waals surface area (Å²) in [6.45, 7) is 1.81. The van der Waals surface area contributed by atoms with Crippen molar-refractivity contribution in [1.82, 2.24) is 0 Å². The molecule has 0 saturated heterocycles. The zero-order chi connectivity index (χ0) is 7.70. The molecule has 4 nitrogen and oxygen atoms in total. The van der Waals surface area contributed by atoms with Gasteiger partial charge in [0.25, 0.3) is 0 Å². The first-order chi connectivity index (χ1) is 4.15. The van der Waals surface area contributed by atoms with Gasteiger partial charge in [-0.3, -0.25) is 0 Å². The fraction of sp³-hybridized carbons (Fsp3) is 0.250. The van der Waals surface area contributed by atoms with E-state index < -0.39 is 8.25 Å². The van der Waals surface area contributed by atoms with Crippen molar-refractivity contribution in [3.8, 4) is 6.07 Å². The van der Waals surface area contributed by atoms with Crippen LogP contribution in [-0.2, 0) is 4.57 Å². The van der Waals surface area contributed by atoms with E-state index in [1.807, 2.05) is 13.0 Å². The van der Waals surface area contributed by atoms with Gasteiger partial charge >= 0.3 is 8.25 Å². The SMILES string of the molecule is CC=CC#N.O=[P+](O)O. The zero-order valence-electron chi connectivity index (χ0n) is 4.85. The quantitative estimate of drug-likeness (QED) is 0.391. The molecule has 0 bridgehead atoms. The molecule has 0 aromatic carbocycles. The Labute approximate surface area is 54.0 Å². The predicted molar refractivity (Wildman–Crippen MR) is 32.5 cm³/mol. The van der Waals surface area contributed by atoms with Crippen LogP contribution in [-0.4, -0.2) is 9.79 Å². The van der Waals surface area contributed by atoms with Gasteiger partial charge in [-0.1, -0.05) is 6.08 Å². The average Bonchev–Trinajstić information content (AvgIpc) is 1.66. The minimum absolute atomic E-state index is 1.43.